The minimum Gasteiger partial charge on any atom is -0.497 e. The van der Waals surface area contributed by atoms with Gasteiger partial charge in [0.25, 0.3) is 5.91 Å². The van der Waals surface area contributed by atoms with Crippen LogP contribution < -0.4 is 4.74 Å². The first kappa shape index (κ1) is 20.2. The van der Waals surface area contributed by atoms with E-state index in [-0.39, 0.29) is 5.91 Å². The Labute approximate surface area is 187 Å². The maximum atomic E-state index is 13.7. The van der Waals surface area contributed by atoms with Crippen molar-refractivity contribution >= 4 is 16.8 Å². The molecule has 1 saturated carbocycles. The SMILES string of the molecule is COc1cccc(-c2ncncc2C(=O)N(CCc2c[nH]c3ccccc23)CC2CC2)c1. The first-order chi connectivity index (χ1) is 15.7. The lowest BCUT2D eigenvalue weighted by Crippen LogP contribution is -2.35. The smallest absolute Gasteiger partial charge is 0.257 e. The fourth-order valence-corrected chi connectivity index (χ4v) is 4.14. The van der Waals surface area contributed by atoms with E-state index in [4.69, 9.17) is 4.74 Å². The normalized spacial score (nSPS) is 13.3. The van der Waals surface area contributed by atoms with Gasteiger partial charge < -0.3 is 14.6 Å². The van der Waals surface area contributed by atoms with Gasteiger partial charge in [-0.25, -0.2) is 9.97 Å². The second-order valence-corrected chi connectivity index (χ2v) is 8.32. The van der Waals surface area contributed by atoms with E-state index in [1.807, 2.05) is 35.2 Å². The molecule has 0 saturated heterocycles. The van der Waals surface area contributed by atoms with Gasteiger partial charge in [0.1, 0.15) is 12.1 Å². The molecule has 2 aromatic heterocycles. The minimum absolute atomic E-state index is 0.0184. The predicted molar refractivity (Wildman–Crippen MR) is 125 cm³/mol. The number of hydrogen-bond donors (Lipinski definition) is 1. The van der Waals surface area contributed by atoms with Gasteiger partial charge in [-0.3, -0.25) is 4.79 Å². The summed E-state index contributed by atoms with van der Waals surface area (Å²) in [7, 11) is 1.63. The van der Waals surface area contributed by atoms with E-state index < -0.39 is 0 Å². The lowest BCUT2D eigenvalue weighted by atomic mass is 10.0. The van der Waals surface area contributed by atoms with Crippen LogP contribution in [0.15, 0.2) is 67.3 Å². The quantitative estimate of drug-likeness (QED) is 0.442. The van der Waals surface area contributed by atoms with Crippen LogP contribution in [0.2, 0.25) is 0 Å². The first-order valence-corrected chi connectivity index (χ1v) is 11.0. The molecule has 0 bridgehead atoms. The van der Waals surface area contributed by atoms with Gasteiger partial charge in [-0.1, -0.05) is 30.3 Å². The third-order valence-corrected chi connectivity index (χ3v) is 6.07. The summed E-state index contributed by atoms with van der Waals surface area (Å²) in [5.74, 6) is 1.30. The Hall–Kier alpha value is -3.67. The van der Waals surface area contributed by atoms with Gasteiger partial charge in [0, 0.05) is 41.9 Å². The summed E-state index contributed by atoms with van der Waals surface area (Å²) in [6.07, 6.45) is 8.34. The maximum absolute atomic E-state index is 13.7. The van der Waals surface area contributed by atoms with E-state index in [9.17, 15) is 4.79 Å². The molecule has 0 aliphatic heterocycles. The summed E-state index contributed by atoms with van der Waals surface area (Å²) in [4.78, 5) is 27.6. The Morgan fingerprint density at radius 2 is 2.06 bits per heavy atom. The summed E-state index contributed by atoms with van der Waals surface area (Å²) in [6.45, 7) is 1.43. The zero-order chi connectivity index (χ0) is 21.9. The Morgan fingerprint density at radius 3 is 2.91 bits per heavy atom. The van der Waals surface area contributed by atoms with Crippen LogP contribution in [0, 0.1) is 5.92 Å². The van der Waals surface area contributed by atoms with Crippen molar-refractivity contribution in [1.29, 1.82) is 0 Å². The standard InChI is InChI=1S/C26H26N4O2/c1-32-21-6-4-5-19(13-21)25-23(15-27-17-29-25)26(31)30(16-18-9-10-18)12-11-20-14-28-24-8-3-2-7-22(20)24/h2-8,13-15,17-18,28H,9-12,16H2,1H3. The molecule has 32 heavy (non-hydrogen) atoms. The zero-order valence-electron chi connectivity index (χ0n) is 18.1. The van der Waals surface area contributed by atoms with Gasteiger partial charge in [-0.05, 0) is 48.9 Å². The third kappa shape index (κ3) is 4.21. The third-order valence-electron chi connectivity index (χ3n) is 6.07. The Morgan fingerprint density at radius 1 is 1.19 bits per heavy atom. The number of aromatic nitrogens is 3. The number of amides is 1. The van der Waals surface area contributed by atoms with Crippen LogP contribution in [-0.4, -0.2) is 46.0 Å². The number of methoxy groups -OCH3 is 1. The second kappa shape index (κ2) is 8.83. The van der Waals surface area contributed by atoms with E-state index in [0.29, 0.717) is 23.7 Å². The molecule has 2 aromatic carbocycles. The molecular weight excluding hydrogens is 400 g/mol. The second-order valence-electron chi connectivity index (χ2n) is 8.32. The monoisotopic (exact) mass is 426 g/mol. The average Bonchev–Trinajstić information content (AvgIpc) is 3.58. The summed E-state index contributed by atoms with van der Waals surface area (Å²) < 4.78 is 5.36. The fourth-order valence-electron chi connectivity index (χ4n) is 4.14. The molecule has 0 atom stereocenters. The van der Waals surface area contributed by atoms with Crippen molar-refractivity contribution in [2.45, 2.75) is 19.3 Å². The van der Waals surface area contributed by atoms with Gasteiger partial charge >= 0.3 is 0 Å². The number of H-pyrrole nitrogens is 1. The van der Waals surface area contributed by atoms with Gasteiger partial charge in [-0.15, -0.1) is 0 Å². The first-order valence-electron chi connectivity index (χ1n) is 11.0. The summed E-state index contributed by atoms with van der Waals surface area (Å²) in [5, 5.41) is 1.21. The lowest BCUT2D eigenvalue weighted by Gasteiger charge is -2.23. The van der Waals surface area contributed by atoms with Crippen LogP contribution in [0.1, 0.15) is 28.8 Å². The number of benzene rings is 2. The summed E-state index contributed by atoms with van der Waals surface area (Å²) >= 11 is 0. The number of aromatic amines is 1. The van der Waals surface area contributed by atoms with Crippen LogP contribution in [0.5, 0.6) is 5.75 Å². The predicted octanol–water partition coefficient (Wildman–Crippen LogP) is 4.73. The lowest BCUT2D eigenvalue weighted by molar-refractivity contribution is 0.0749. The molecule has 0 radical (unpaired) electrons. The average molecular weight is 427 g/mol. The van der Waals surface area contributed by atoms with Crippen molar-refractivity contribution in [2.75, 3.05) is 20.2 Å². The highest BCUT2D eigenvalue weighted by Gasteiger charge is 2.29. The number of carbonyl (C=O) groups excluding carboxylic acids is 1. The van der Waals surface area contributed by atoms with Gasteiger partial charge in [-0.2, -0.15) is 0 Å². The highest BCUT2D eigenvalue weighted by molar-refractivity contribution is 5.99. The number of fused-ring (bicyclic) bond motifs is 1. The van der Waals surface area contributed by atoms with E-state index in [1.54, 1.807) is 13.3 Å². The van der Waals surface area contributed by atoms with Crippen LogP contribution >= 0.6 is 0 Å². The minimum atomic E-state index is -0.0184. The van der Waals surface area contributed by atoms with Crippen molar-refractivity contribution in [3.8, 4) is 17.0 Å². The number of rotatable bonds is 8. The van der Waals surface area contributed by atoms with Crippen molar-refractivity contribution in [2.24, 2.45) is 5.92 Å². The molecule has 6 nitrogen and oxygen atoms in total. The summed E-state index contributed by atoms with van der Waals surface area (Å²) in [6, 6.07) is 15.9. The molecule has 1 fully saturated rings. The number of hydrogen-bond acceptors (Lipinski definition) is 4. The molecule has 1 N–H and O–H groups in total. The maximum Gasteiger partial charge on any atom is 0.257 e. The number of ether oxygens (including phenoxy) is 1. The molecule has 1 aliphatic rings. The van der Waals surface area contributed by atoms with Gasteiger partial charge in [0.2, 0.25) is 0 Å². The molecular formula is C26H26N4O2. The molecule has 2 heterocycles. The van der Waals surface area contributed by atoms with Crippen molar-refractivity contribution in [1.82, 2.24) is 19.9 Å². The van der Waals surface area contributed by atoms with E-state index >= 15 is 0 Å². The zero-order valence-corrected chi connectivity index (χ0v) is 18.1. The van der Waals surface area contributed by atoms with Crippen LogP contribution in [0.25, 0.3) is 22.2 Å². The fraction of sp³-hybridized carbons (Fsp3) is 0.269. The number of carbonyl (C=O) groups is 1. The van der Waals surface area contributed by atoms with Crippen LogP contribution in [-0.2, 0) is 6.42 Å². The molecule has 1 aliphatic carbocycles. The molecule has 6 heteroatoms. The molecule has 162 valence electrons. The van der Waals surface area contributed by atoms with E-state index in [1.165, 1.54) is 30.1 Å². The molecule has 5 rings (SSSR count). The number of para-hydroxylation sites is 1. The molecule has 1 amide bonds. The topological polar surface area (TPSA) is 71.1 Å². The highest BCUT2D eigenvalue weighted by Crippen LogP contribution is 2.31. The van der Waals surface area contributed by atoms with E-state index in [0.717, 1.165) is 29.8 Å². The Kier molecular flexibility index (Phi) is 5.58. The van der Waals surface area contributed by atoms with E-state index in [2.05, 4.69) is 39.3 Å². The van der Waals surface area contributed by atoms with Crippen LogP contribution in [0.3, 0.4) is 0 Å². The van der Waals surface area contributed by atoms with Gasteiger partial charge in [0.15, 0.2) is 0 Å². The molecule has 4 aromatic rings. The highest BCUT2D eigenvalue weighted by atomic mass is 16.5. The molecule has 0 unspecified atom stereocenters. The largest absolute Gasteiger partial charge is 0.497 e. The number of nitrogens with one attached hydrogen (secondary N) is 1. The van der Waals surface area contributed by atoms with Crippen molar-refractivity contribution in [3.05, 3.63) is 78.4 Å². The van der Waals surface area contributed by atoms with Crippen molar-refractivity contribution < 1.29 is 9.53 Å². The van der Waals surface area contributed by atoms with Crippen LogP contribution in [0.4, 0.5) is 0 Å². The summed E-state index contributed by atoms with van der Waals surface area (Å²) in [5.41, 5.74) is 4.36. The number of nitrogens with zero attached hydrogens (tertiary/aromatic N) is 3. The Balaban J connectivity index is 1.42. The van der Waals surface area contributed by atoms with Gasteiger partial charge in [0.05, 0.1) is 18.4 Å². The Bertz CT molecular complexity index is 1250. The molecule has 0 spiro atoms. The van der Waals surface area contributed by atoms with Crippen molar-refractivity contribution in [3.63, 3.8) is 0 Å².